The van der Waals surface area contributed by atoms with Gasteiger partial charge in [0.15, 0.2) is 6.23 Å². The van der Waals surface area contributed by atoms with Crippen LogP contribution in [0.25, 0.3) is 11.0 Å². The molecule has 178 valence electrons. The number of ether oxygens (including phenoxy) is 1. The number of anilines is 1. The van der Waals surface area contributed by atoms with Gasteiger partial charge in [0.25, 0.3) is 0 Å². The Morgan fingerprint density at radius 3 is 2.41 bits per heavy atom. The molecule has 0 spiro atoms. The van der Waals surface area contributed by atoms with E-state index in [9.17, 15) is 20.3 Å². The third-order valence-electron chi connectivity index (χ3n) is 4.78. The van der Waals surface area contributed by atoms with Crippen molar-refractivity contribution in [2.24, 2.45) is 11.7 Å². The summed E-state index contributed by atoms with van der Waals surface area (Å²) in [5.74, 6) is -0.00605. The minimum Gasteiger partial charge on any atom is -0.388 e. The molecule has 5 atom stereocenters. The standard InChI is InChI=1S/C18H24N6O4.2C2H6/c1-8(2)4-11(20)17(27)23-15-12-10(5-19)6-24(16(12)22-7-21-15)18-14(26)13(25)9(3)28-18;2*1-2/h6-9,11,13-14,18,25-26H,4,20H2,1-3H3,(H,21,22,23,27);2*1-2H3. The van der Waals surface area contributed by atoms with Crippen molar-refractivity contribution in [3.8, 4) is 6.07 Å². The molecule has 1 fully saturated rings. The Kier molecular flexibility index (Phi) is 10.7. The molecule has 10 heteroatoms. The maximum atomic E-state index is 12.4. The Morgan fingerprint density at radius 1 is 1.28 bits per heavy atom. The molecular weight excluding hydrogens is 412 g/mol. The lowest BCUT2D eigenvalue weighted by Gasteiger charge is -2.17. The number of nitrogens with one attached hydrogen (secondary N) is 1. The van der Waals surface area contributed by atoms with Crippen LogP contribution in [0.5, 0.6) is 0 Å². The highest BCUT2D eigenvalue weighted by Gasteiger charge is 2.42. The van der Waals surface area contributed by atoms with Crippen molar-refractivity contribution in [1.82, 2.24) is 14.5 Å². The molecule has 0 saturated carbocycles. The lowest BCUT2D eigenvalue weighted by Crippen LogP contribution is -2.37. The number of aromatic nitrogens is 3. The predicted molar refractivity (Wildman–Crippen MR) is 123 cm³/mol. The molecule has 32 heavy (non-hydrogen) atoms. The lowest BCUT2D eigenvalue weighted by atomic mass is 10.0. The second kappa shape index (κ2) is 12.5. The van der Waals surface area contributed by atoms with Crippen molar-refractivity contribution in [1.29, 1.82) is 5.26 Å². The van der Waals surface area contributed by atoms with Crippen molar-refractivity contribution in [2.45, 2.75) is 85.5 Å². The summed E-state index contributed by atoms with van der Waals surface area (Å²) < 4.78 is 7.10. The molecule has 1 aliphatic heterocycles. The molecule has 0 bridgehead atoms. The van der Waals surface area contributed by atoms with E-state index in [1.807, 2.05) is 47.6 Å². The van der Waals surface area contributed by atoms with E-state index in [4.69, 9.17) is 10.5 Å². The zero-order chi connectivity index (χ0) is 24.6. The molecule has 1 saturated heterocycles. The number of rotatable bonds is 5. The SMILES string of the molecule is CC.CC.CC(C)CC(N)C(=O)Nc1ncnc2c1c(C#N)cn2C1OC(C)C(O)C1O. The second-order valence-corrected chi connectivity index (χ2v) is 7.42. The highest BCUT2D eigenvalue weighted by Crippen LogP contribution is 2.34. The Bertz CT molecular complexity index is 923. The summed E-state index contributed by atoms with van der Waals surface area (Å²) in [7, 11) is 0. The van der Waals surface area contributed by atoms with Crippen LogP contribution in [0.4, 0.5) is 5.82 Å². The van der Waals surface area contributed by atoms with Crippen molar-refractivity contribution in [3.63, 3.8) is 0 Å². The fourth-order valence-corrected chi connectivity index (χ4v) is 3.34. The van der Waals surface area contributed by atoms with Crippen molar-refractivity contribution >= 4 is 22.8 Å². The van der Waals surface area contributed by atoms with E-state index in [1.165, 1.54) is 17.1 Å². The molecule has 5 unspecified atom stereocenters. The summed E-state index contributed by atoms with van der Waals surface area (Å²) in [6.07, 6.45) is -0.557. The van der Waals surface area contributed by atoms with Gasteiger partial charge in [-0.25, -0.2) is 9.97 Å². The first-order valence-corrected chi connectivity index (χ1v) is 11.1. The van der Waals surface area contributed by atoms with E-state index in [0.29, 0.717) is 17.5 Å². The number of aliphatic hydroxyl groups excluding tert-OH is 2. The van der Waals surface area contributed by atoms with E-state index in [1.54, 1.807) is 6.92 Å². The van der Waals surface area contributed by atoms with Gasteiger partial charge >= 0.3 is 0 Å². The predicted octanol–water partition coefficient (Wildman–Crippen LogP) is 2.31. The zero-order valence-electron chi connectivity index (χ0n) is 19.9. The van der Waals surface area contributed by atoms with Crippen molar-refractivity contribution in [2.75, 3.05) is 5.32 Å². The number of hydrogen-bond acceptors (Lipinski definition) is 8. The maximum absolute atomic E-state index is 12.4. The Morgan fingerprint density at radius 2 is 1.91 bits per heavy atom. The number of nitrogens with zero attached hydrogens (tertiary/aromatic N) is 4. The molecule has 3 heterocycles. The summed E-state index contributed by atoms with van der Waals surface area (Å²) >= 11 is 0. The van der Waals surface area contributed by atoms with Crippen LogP contribution in [0.15, 0.2) is 12.5 Å². The smallest absolute Gasteiger partial charge is 0.242 e. The van der Waals surface area contributed by atoms with Crippen LogP contribution >= 0.6 is 0 Å². The number of aliphatic hydroxyl groups is 2. The average molecular weight is 449 g/mol. The lowest BCUT2D eigenvalue weighted by molar-refractivity contribution is -0.117. The van der Waals surface area contributed by atoms with Crippen molar-refractivity contribution < 1.29 is 19.7 Å². The van der Waals surface area contributed by atoms with Crippen LogP contribution in [-0.2, 0) is 9.53 Å². The van der Waals surface area contributed by atoms with E-state index < -0.39 is 36.5 Å². The number of fused-ring (bicyclic) bond motifs is 1. The van der Waals surface area contributed by atoms with Gasteiger partial charge in [0.05, 0.1) is 23.1 Å². The third-order valence-corrected chi connectivity index (χ3v) is 4.78. The van der Waals surface area contributed by atoms with Gasteiger partial charge in [0, 0.05) is 6.20 Å². The molecule has 2 aromatic heterocycles. The molecule has 0 radical (unpaired) electrons. The van der Waals surface area contributed by atoms with Gasteiger partial charge in [-0.05, 0) is 19.3 Å². The van der Waals surface area contributed by atoms with Crippen LogP contribution in [-0.4, -0.2) is 55.0 Å². The molecule has 1 aliphatic rings. The molecule has 5 N–H and O–H groups in total. The first kappa shape index (κ1) is 27.5. The van der Waals surface area contributed by atoms with Crippen LogP contribution in [0.3, 0.4) is 0 Å². The fourth-order valence-electron chi connectivity index (χ4n) is 3.34. The van der Waals surface area contributed by atoms with E-state index in [0.717, 1.165) is 0 Å². The number of nitrogens with two attached hydrogens (primary N) is 1. The minimum atomic E-state index is -1.19. The highest BCUT2D eigenvalue weighted by molar-refractivity contribution is 6.02. The number of carbonyl (C=O) groups is 1. The second-order valence-electron chi connectivity index (χ2n) is 7.42. The Balaban J connectivity index is 0.00000121. The number of amides is 1. The summed E-state index contributed by atoms with van der Waals surface area (Å²) in [4.78, 5) is 20.7. The molecule has 0 aromatic carbocycles. The monoisotopic (exact) mass is 448 g/mol. The molecule has 3 rings (SSSR count). The van der Waals surface area contributed by atoms with E-state index in [-0.39, 0.29) is 17.3 Å². The maximum Gasteiger partial charge on any atom is 0.242 e. The van der Waals surface area contributed by atoms with Crippen molar-refractivity contribution in [3.05, 3.63) is 18.1 Å². The number of hydrogen-bond donors (Lipinski definition) is 4. The highest BCUT2D eigenvalue weighted by atomic mass is 16.6. The molecule has 0 aliphatic carbocycles. The summed E-state index contributed by atoms with van der Waals surface area (Å²) in [6, 6.07) is 1.33. The van der Waals surface area contributed by atoms with E-state index >= 15 is 0 Å². The summed E-state index contributed by atoms with van der Waals surface area (Å²) in [5.41, 5.74) is 6.43. The van der Waals surface area contributed by atoms with Crippen LogP contribution < -0.4 is 11.1 Å². The Hall–Kier alpha value is -2.58. The van der Waals surface area contributed by atoms with Crippen LogP contribution in [0.1, 0.15) is 66.7 Å². The van der Waals surface area contributed by atoms with Gasteiger partial charge in [-0.15, -0.1) is 0 Å². The summed E-state index contributed by atoms with van der Waals surface area (Å²) in [6.45, 7) is 13.6. The fraction of sp³-hybridized carbons (Fsp3) is 0.636. The Labute approximate surface area is 189 Å². The quantitative estimate of drug-likeness (QED) is 0.542. The molecule has 2 aromatic rings. The van der Waals surface area contributed by atoms with Crippen LogP contribution in [0, 0.1) is 17.2 Å². The molecular formula is C22H36N6O4. The van der Waals surface area contributed by atoms with Gasteiger partial charge in [-0.1, -0.05) is 41.5 Å². The minimum absolute atomic E-state index is 0.158. The number of nitriles is 1. The van der Waals surface area contributed by atoms with Crippen LogP contribution in [0.2, 0.25) is 0 Å². The van der Waals surface area contributed by atoms with Gasteiger partial charge in [0.2, 0.25) is 5.91 Å². The third kappa shape index (κ3) is 5.81. The van der Waals surface area contributed by atoms with E-state index in [2.05, 4.69) is 15.3 Å². The summed E-state index contributed by atoms with van der Waals surface area (Å²) in [5, 5.41) is 32.8. The first-order chi connectivity index (χ1) is 15.2. The zero-order valence-corrected chi connectivity index (χ0v) is 19.9. The molecule has 10 nitrogen and oxygen atoms in total. The number of carbonyl (C=O) groups excluding carboxylic acids is 1. The average Bonchev–Trinajstić information content (AvgIpc) is 3.29. The molecule has 1 amide bonds. The van der Waals surface area contributed by atoms with Gasteiger partial charge in [-0.3, -0.25) is 4.79 Å². The normalized spacial score (nSPS) is 22.9. The first-order valence-electron chi connectivity index (χ1n) is 11.1. The largest absolute Gasteiger partial charge is 0.388 e. The van der Waals surface area contributed by atoms with Gasteiger partial charge < -0.3 is 30.6 Å². The topological polar surface area (TPSA) is 159 Å². The van der Waals surface area contributed by atoms with Gasteiger partial charge in [-0.2, -0.15) is 5.26 Å². The van der Waals surface area contributed by atoms with Gasteiger partial charge in [0.1, 0.15) is 36.1 Å².